The first-order chi connectivity index (χ1) is 14.3. The highest BCUT2D eigenvalue weighted by Gasteiger charge is 2.26. The second-order valence-electron chi connectivity index (χ2n) is 7.55. The molecule has 0 aliphatic heterocycles. The van der Waals surface area contributed by atoms with Crippen molar-refractivity contribution in [2.24, 2.45) is 0 Å². The molecule has 1 amide bonds. The van der Waals surface area contributed by atoms with Gasteiger partial charge in [-0.05, 0) is 49.4 Å². The maximum Gasteiger partial charge on any atom is 0.339 e. The molecule has 8 heteroatoms. The molecule has 2 aromatic carbocycles. The number of ether oxygens (including phenoxy) is 1. The van der Waals surface area contributed by atoms with Crippen LogP contribution in [0.15, 0.2) is 42.5 Å². The van der Waals surface area contributed by atoms with Crippen LogP contribution in [0, 0.1) is 10.1 Å². The Bertz CT molecular complexity index is 973. The quantitative estimate of drug-likeness (QED) is 0.444. The largest absolute Gasteiger partial charge is 0.449 e. The normalized spacial score (nSPS) is 16.2. The summed E-state index contributed by atoms with van der Waals surface area (Å²) in [6.07, 6.45) is 1.74. The van der Waals surface area contributed by atoms with Crippen molar-refractivity contribution in [1.82, 2.24) is 5.32 Å². The van der Waals surface area contributed by atoms with Gasteiger partial charge in [-0.2, -0.15) is 0 Å². The number of nitro groups is 1. The predicted molar refractivity (Wildman–Crippen MR) is 113 cm³/mol. The van der Waals surface area contributed by atoms with Crippen LogP contribution in [0.25, 0.3) is 0 Å². The summed E-state index contributed by atoms with van der Waals surface area (Å²) in [6, 6.07) is 12.0. The van der Waals surface area contributed by atoms with Gasteiger partial charge in [0.1, 0.15) is 5.69 Å². The highest BCUT2D eigenvalue weighted by Crippen LogP contribution is 2.30. The number of carbonyl (C=O) groups is 2. The number of nitro benzene ring substituents is 1. The number of fused-ring (bicyclic) bond motifs is 1. The molecule has 0 spiro atoms. The number of esters is 1. The molecule has 0 aromatic heterocycles. The summed E-state index contributed by atoms with van der Waals surface area (Å²) in [7, 11) is 3.35. The first-order valence-electron chi connectivity index (χ1n) is 9.83. The SMILES string of the molecule is C[C@@H](OC(=O)c1ccc(N(C)C)c([N+](=O)[O-])c1)C(=O)N[C@@H]1CCCc2ccccc21. The third-order valence-corrected chi connectivity index (χ3v) is 5.23. The number of rotatable bonds is 6. The van der Waals surface area contributed by atoms with Gasteiger partial charge in [0, 0.05) is 20.2 Å². The third-order valence-electron chi connectivity index (χ3n) is 5.23. The molecule has 158 valence electrons. The van der Waals surface area contributed by atoms with Crippen molar-refractivity contribution in [2.75, 3.05) is 19.0 Å². The van der Waals surface area contributed by atoms with E-state index in [0.717, 1.165) is 24.8 Å². The van der Waals surface area contributed by atoms with E-state index in [1.54, 1.807) is 19.0 Å². The topological polar surface area (TPSA) is 102 Å². The zero-order valence-corrected chi connectivity index (χ0v) is 17.3. The molecule has 0 saturated carbocycles. The summed E-state index contributed by atoms with van der Waals surface area (Å²) in [5.41, 5.74) is 2.50. The highest BCUT2D eigenvalue weighted by atomic mass is 16.6. The molecule has 0 saturated heterocycles. The standard InChI is InChI=1S/C22H25N3O5/c1-14(21(26)23-18-10-6-8-15-7-4-5-9-17(15)18)30-22(27)16-11-12-19(24(2)3)20(13-16)25(28)29/h4-5,7,9,11-14,18H,6,8,10H2,1-3H3,(H,23,26)/t14-,18-/m1/s1. The van der Waals surface area contributed by atoms with Crippen molar-refractivity contribution < 1.29 is 19.2 Å². The Hall–Kier alpha value is -3.42. The van der Waals surface area contributed by atoms with Gasteiger partial charge in [-0.25, -0.2) is 4.79 Å². The predicted octanol–water partition coefficient (Wildman–Crippen LogP) is 3.40. The van der Waals surface area contributed by atoms with Gasteiger partial charge in [0.25, 0.3) is 11.6 Å². The summed E-state index contributed by atoms with van der Waals surface area (Å²) in [5, 5.41) is 14.3. The molecule has 2 aromatic rings. The van der Waals surface area contributed by atoms with E-state index in [1.165, 1.54) is 30.7 Å². The molecule has 3 rings (SSSR count). The average Bonchev–Trinajstić information content (AvgIpc) is 2.73. The molecule has 8 nitrogen and oxygen atoms in total. The van der Waals surface area contributed by atoms with Gasteiger partial charge < -0.3 is 15.0 Å². The number of anilines is 1. The van der Waals surface area contributed by atoms with Gasteiger partial charge in [0.2, 0.25) is 0 Å². The van der Waals surface area contributed by atoms with Crippen LogP contribution in [0.4, 0.5) is 11.4 Å². The van der Waals surface area contributed by atoms with Crippen LogP contribution in [0.3, 0.4) is 0 Å². The molecule has 1 aliphatic carbocycles. The number of nitrogens with one attached hydrogen (secondary N) is 1. The van der Waals surface area contributed by atoms with Gasteiger partial charge in [0.15, 0.2) is 6.10 Å². The van der Waals surface area contributed by atoms with E-state index in [9.17, 15) is 19.7 Å². The lowest BCUT2D eigenvalue weighted by molar-refractivity contribution is -0.384. The van der Waals surface area contributed by atoms with Crippen molar-refractivity contribution in [1.29, 1.82) is 0 Å². The monoisotopic (exact) mass is 411 g/mol. The fourth-order valence-electron chi connectivity index (χ4n) is 3.65. The summed E-state index contributed by atoms with van der Waals surface area (Å²) in [4.78, 5) is 37.4. The second-order valence-corrected chi connectivity index (χ2v) is 7.55. The van der Waals surface area contributed by atoms with E-state index < -0.39 is 22.9 Å². The Balaban J connectivity index is 1.68. The highest BCUT2D eigenvalue weighted by molar-refractivity contribution is 5.93. The van der Waals surface area contributed by atoms with Crippen molar-refractivity contribution in [3.63, 3.8) is 0 Å². The van der Waals surface area contributed by atoms with Crippen molar-refractivity contribution in [3.05, 3.63) is 69.3 Å². The number of nitrogens with zero attached hydrogens (tertiary/aromatic N) is 2. The fourth-order valence-corrected chi connectivity index (χ4v) is 3.65. The smallest absolute Gasteiger partial charge is 0.339 e. The average molecular weight is 411 g/mol. The molecule has 0 unspecified atom stereocenters. The minimum atomic E-state index is -1.03. The lowest BCUT2D eigenvalue weighted by Crippen LogP contribution is -2.39. The van der Waals surface area contributed by atoms with Crippen LogP contribution >= 0.6 is 0 Å². The molecular weight excluding hydrogens is 386 g/mol. The van der Waals surface area contributed by atoms with Crippen LogP contribution in [0.1, 0.15) is 47.3 Å². The summed E-state index contributed by atoms with van der Waals surface area (Å²) >= 11 is 0. The molecule has 1 N–H and O–H groups in total. The first-order valence-corrected chi connectivity index (χ1v) is 9.83. The number of hydrogen-bond donors (Lipinski definition) is 1. The van der Waals surface area contributed by atoms with Gasteiger partial charge >= 0.3 is 5.97 Å². The number of aryl methyl sites for hydroxylation is 1. The summed E-state index contributed by atoms with van der Waals surface area (Å²) in [6.45, 7) is 1.49. The maximum atomic E-state index is 12.6. The van der Waals surface area contributed by atoms with E-state index in [4.69, 9.17) is 4.74 Å². The van der Waals surface area contributed by atoms with Crippen molar-refractivity contribution in [2.45, 2.75) is 38.3 Å². The number of amides is 1. The lowest BCUT2D eigenvalue weighted by atomic mass is 9.87. The molecule has 0 radical (unpaired) electrons. The number of carbonyl (C=O) groups excluding carboxylic acids is 2. The molecule has 30 heavy (non-hydrogen) atoms. The van der Waals surface area contributed by atoms with Crippen LogP contribution < -0.4 is 10.2 Å². The van der Waals surface area contributed by atoms with Crippen molar-refractivity contribution >= 4 is 23.3 Å². The molecule has 0 bridgehead atoms. The number of hydrogen-bond acceptors (Lipinski definition) is 6. The fraction of sp³-hybridized carbons (Fsp3) is 0.364. The molecule has 0 heterocycles. The Kier molecular flexibility index (Phi) is 6.34. The summed E-state index contributed by atoms with van der Waals surface area (Å²) in [5.74, 6) is -1.18. The van der Waals surface area contributed by atoms with Crippen molar-refractivity contribution in [3.8, 4) is 0 Å². The molecule has 1 aliphatic rings. The van der Waals surface area contributed by atoms with E-state index in [2.05, 4.69) is 11.4 Å². The lowest BCUT2D eigenvalue weighted by Gasteiger charge is -2.27. The number of benzene rings is 2. The first kappa shape index (κ1) is 21.3. The van der Waals surface area contributed by atoms with Crippen LogP contribution in [-0.4, -0.2) is 37.0 Å². The Labute approximate surface area is 175 Å². The van der Waals surface area contributed by atoms with E-state index in [1.807, 2.05) is 18.2 Å². The molecule has 2 atom stereocenters. The Morgan fingerprint density at radius 2 is 1.97 bits per heavy atom. The molecular formula is C22H25N3O5. The second kappa shape index (κ2) is 8.94. The van der Waals surface area contributed by atoms with Crippen LogP contribution in [0.5, 0.6) is 0 Å². The van der Waals surface area contributed by atoms with E-state index in [-0.39, 0.29) is 17.3 Å². The minimum Gasteiger partial charge on any atom is -0.449 e. The Morgan fingerprint density at radius 3 is 2.67 bits per heavy atom. The minimum absolute atomic E-state index is 0.0231. The van der Waals surface area contributed by atoms with Gasteiger partial charge in [-0.15, -0.1) is 0 Å². The third kappa shape index (κ3) is 4.59. The zero-order valence-electron chi connectivity index (χ0n) is 17.3. The van der Waals surface area contributed by atoms with Crippen LogP contribution in [0.2, 0.25) is 0 Å². The van der Waals surface area contributed by atoms with Gasteiger partial charge in [0.05, 0.1) is 16.5 Å². The van der Waals surface area contributed by atoms with Crippen LogP contribution in [-0.2, 0) is 16.0 Å². The molecule has 0 fully saturated rings. The van der Waals surface area contributed by atoms with Gasteiger partial charge in [-0.3, -0.25) is 14.9 Å². The van der Waals surface area contributed by atoms with E-state index >= 15 is 0 Å². The van der Waals surface area contributed by atoms with Gasteiger partial charge in [-0.1, -0.05) is 24.3 Å². The zero-order chi connectivity index (χ0) is 21.8. The summed E-state index contributed by atoms with van der Waals surface area (Å²) < 4.78 is 5.28. The maximum absolute atomic E-state index is 12.6. The van der Waals surface area contributed by atoms with E-state index in [0.29, 0.717) is 5.69 Å². The Morgan fingerprint density at radius 1 is 1.23 bits per heavy atom.